The molecule has 1 aliphatic rings. The number of aliphatic imine (C=N–C) groups is 1. The van der Waals surface area contributed by atoms with E-state index in [0.717, 1.165) is 0 Å². The average Bonchev–Trinajstić information content (AvgIpc) is 2.50. The largest absolute Gasteiger partial charge is 0.398 e. The highest BCUT2D eigenvalue weighted by Gasteiger charge is 2.31. The van der Waals surface area contributed by atoms with Gasteiger partial charge in [-0.05, 0) is 26.8 Å². The summed E-state index contributed by atoms with van der Waals surface area (Å²) < 4.78 is 0. The normalized spacial score (nSPS) is 14.0. The van der Waals surface area contributed by atoms with Gasteiger partial charge in [0.15, 0.2) is 11.6 Å². The van der Waals surface area contributed by atoms with Gasteiger partial charge in [-0.3, -0.25) is 14.6 Å². The number of carbonyl (C=O) groups excluding carboxylic acids is 2. The number of ketones is 2. The van der Waals surface area contributed by atoms with Gasteiger partial charge in [0, 0.05) is 28.5 Å². The zero-order chi connectivity index (χ0) is 16.8. The molecule has 1 aliphatic carbocycles. The Hall–Kier alpha value is -2.75. The molecule has 0 radical (unpaired) electrons. The third kappa shape index (κ3) is 2.57. The van der Waals surface area contributed by atoms with Crippen LogP contribution in [0.5, 0.6) is 0 Å². The molecule has 2 N–H and O–H groups in total. The van der Waals surface area contributed by atoms with Crippen LogP contribution in [0.1, 0.15) is 58.2 Å². The number of fused-ring (bicyclic) bond motifs is 2. The molecule has 0 saturated heterocycles. The summed E-state index contributed by atoms with van der Waals surface area (Å²) >= 11 is 0. The molecule has 3 rings (SSSR count). The summed E-state index contributed by atoms with van der Waals surface area (Å²) in [5.41, 5.74) is 8.38. The first-order valence-corrected chi connectivity index (χ1v) is 7.46. The summed E-state index contributed by atoms with van der Waals surface area (Å²) in [7, 11) is 0. The number of nitrogens with two attached hydrogens (primary N) is 1. The van der Waals surface area contributed by atoms with Gasteiger partial charge in [0.2, 0.25) is 0 Å². The Morgan fingerprint density at radius 1 is 0.913 bits per heavy atom. The van der Waals surface area contributed by atoms with Crippen LogP contribution in [0.15, 0.2) is 41.4 Å². The van der Waals surface area contributed by atoms with Crippen LogP contribution in [0.2, 0.25) is 0 Å². The first kappa shape index (κ1) is 15.2. The summed E-state index contributed by atoms with van der Waals surface area (Å²) in [6.45, 7) is 5.93. The highest BCUT2D eigenvalue weighted by molar-refractivity contribution is 6.30. The average molecular weight is 306 g/mol. The number of nitrogens with zero attached hydrogens (tertiary/aromatic N) is 1. The van der Waals surface area contributed by atoms with Crippen LogP contribution in [-0.4, -0.2) is 23.3 Å². The maximum atomic E-state index is 12.8. The van der Waals surface area contributed by atoms with Crippen LogP contribution in [0, 0.1) is 0 Å². The Balaban J connectivity index is 2.17. The van der Waals surface area contributed by atoms with E-state index in [0.29, 0.717) is 27.9 Å². The van der Waals surface area contributed by atoms with E-state index in [2.05, 4.69) is 4.99 Å². The SMILES string of the molecule is CC(C)(C)N=Cc1ccc2c(c1N)C(=O)c1ccccc1C2=O. The lowest BCUT2D eigenvalue weighted by atomic mass is 9.82. The molecule has 0 bridgehead atoms. The quantitative estimate of drug-likeness (QED) is 0.554. The summed E-state index contributed by atoms with van der Waals surface area (Å²) in [5, 5.41) is 0. The van der Waals surface area contributed by atoms with Crippen molar-refractivity contribution in [2.75, 3.05) is 5.73 Å². The molecule has 116 valence electrons. The van der Waals surface area contributed by atoms with E-state index in [1.807, 2.05) is 20.8 Å². The van der Waals surface area contributed by atoms with Crippen molar-refractivity contribution in [3.05, 3.63) is 64.2 Å². The van der Waals surface area contributed by atoms with Gasteiger partial charge in [-0.25, -0.2) is 0 Å². The molecule has 4 nitrogen and oxygen atoms in total. The lowest BCUT2D eigenvalue weighted by Crippen LogP contribution is -2.23. The molecule has 0 amide bonds. The molecule has 0 aromatic heterocycles. The minimum Gasteiger partial charge on any atom is -0.398 e. The molecule has 23 heavy (non-hydrogen) atoms. The summed E-state index contributed by atoms with van der Waals surface area (Å²) in [6, 6.07) is 10.2. The number of rotatable bonds is 1. The first-order valence-electron chi connectivity index (χ1n) is 7.46. The summed E-state index contributed by atoms with van der Waals surface area (Å²) in [6.07, 6.45) is 1.66. The van der Waals surface area contributed by atoms with Gasteiger partial charge in [-0.2, -0.15) is 0 Å². The molecule has 0 heterocycles. The lowest BCUT2D eigenvalue weighted by molar-refractivity contribution is 0.0979. The molecule has 2 aromatic rings. The van der Waals surface area contributed by atoms with Gasteiger partial charge < -0.3 is 5.73 Å². The monoisotopic (exact) mass is 306 g/mol. The van der Waals surface area contributed by atoms with Crippen LogP contribution in [0.4, 0.5) is 5.69 Å². The van der Waals surface area contributed by atoms with Gasteiger partial charge in [-0.15, -0.1) is 0 Å². The van der Waals surface area contributed by atoms with Crippen molar-refractivity contribution in [1.29, 1.82) is 0 Å². The minimum atomic E-state index is -0.241. The summed E-state index contributed by atoms with van der Waals surface area (Å²) in [5.74, 6) is -0.375. The molecule has 2 aromatic carbocycles. The van der Waals surface area contributed by atoms with Crippen molar-refractivity contribution in [3.63, 3.8) is 0 Å². The zero-order valence-corrected chi connectivity index (χ0v) is 13.4. The molecule has 4 heteroatoms. The molecular formula is C19H18N2O2. The fourth-order valence-corrected chi connectivity index (χ4v) is 2.60. The number of hydrogen-bond donors (Lipinski definition) is 1. The highest BCUT2D eigenvalue weighted by Crippen LogP contribution is 2.32. The van der Waals surface area contributed by atoms with Gasteiger partial charge in [0.1, 0.15) is 0 Å². The van der Waals surface area contributed by atoms with E-state index in [-0.39, 0.29) is 22.7 Å². The number of benzene rings is 2. The number of anilines is 1. The van der Waals surface area contributed by atoms with Crippen LogP contribution >= 0.6 is 0 Å². The van der Waals surface area contributed by atoms with Gasteiger partial charge in [-0.1, -0.05) is 30.3 Å². The van der Waals surface area contributed by atoms with Gasteiger partial charge in [0.05, 0.1) is 16.8 Å². The Labute approximate surface area is 135 Å². The van der Waals surface area contributed by atoms with Crippen LogP contribution in [0.25, 0.3) is 0 Å². The fourth-order valence-electron chi connectivity index (χ4n) is 2.60. The molecule has 0 atom stereocenters. The maximum Gasteiger partial charge on any atom is 0.196 e. The van der Waals surface area contributed by atoms with E-state index in [1.165, 1.54) is 0 Å². The molecular weight excluding hydrogens is 288 g/mol. The second-order valence-corrected chi connectivity index (χ2v) is 6.62. The molecule has 0 fully saturated rings. The molecule has 0 unspecified atom stereocenters. The highest BCUT2D eigenvalue weighted by atomic mass is 16.1. The summed E-state index contributed by atoms with van der Waals surface area (Å²) in [4.78, 5) is 29.8. The van der Waals surface area contributed by atoms with Crippen molar-refractivity contribution >= 4 is 23.5 Å². The van der Waals surface area contributed by atoms with Crippen molar-refractivity contribution in [2.45, 2.75) is 26.3 Å². The third-order valence-corrected chi connectivity index (χ3v) is 3.76. The Bertz CT molecular complexity index is 858. The fraction of sp³-hybridized carbons (Fsp3) is 0.211. The molecule has 0 saturated carbocycles. The number of carbonyl (C=O) groups is 2. The predicted molar refractivity (Wildman–Crippen MR) is 91.5 cm³/mol. The van der Waals surface area contributed by atoms with Crippen LogP contribution < -0.4 is 5.73 Å². The number of hydrogen-bond acceptors (Lipinski definition) is 4. The van der Waals surface area contributed by atoms with Crippen molar-refractivity contribution in [1.82, 2.24) is 0 Å². The third-order valence-electron chi connectivity index (χ3n) is 3.76. The predicted octanol–water partition coefficient (Wildman–Crippen LogP) is 3.26. The van der Waals surface area contributed by atoms with Gasteiger partial charge >= 0.3 is 0 Å². The van der Waals surface area contributed by atoms with E-state index < -0.39 is 0 Å². The van der Waals surface area contributed by atoms with Crippen LogP contribution in [0.3, 0.4) is 0 Å². The zero-order valence-electron chi connectivity index (χ0n) is 13.4. The second-order valence-electron chi connectivity index (χ2n) is 6.62. The van der Waals surface area contributed by atoms with E-state index in [4.69, 9.17) is 5.73 Å². The smallest absolute Gasteiger partial charge is 0.196 e. The van der Waals surface area contributed by atoms with Crippen LogP contribution in [-0.2, 0) is 0 Å². The van der Waals surface area contributed by atoms with Gasteiger partial charge in [0.25, 0.3) is 0 Å². The van der Waals surface area contributed by atoms with E-state index >= 15 is 0 Å². The van der Waals surface area contributed by atoms with E-state index in [9.17, 15) is 9.59 Å². The van der Waals surface area contributed by atoms with Crippen molar-refractivity contribution in [3.8, 4) is 0 Å². The lowest BCUT2D eigenvalue weighted by Gasteiger charge is -2.20. The van der Waals surface area contributed by atoms with Crippen molar-refractivity contribution in [2.24, 2.45) is 4.99 Å². The van der Waals surface area contributed by atoms with E-state index in [1.54, 1.807) is 42.6 Å². The number of nitrogen functional groups attached to an aromatic ring is 1. The standard InChI is InChI=1S/C19H18N2O2/c1-19(2,3)21-10-11-8-9-14-15(16(11)20)18(23)13-7-5-4-6-12(13)17(14)22/h4-10H,20H2,1-3H3. The topological polar surface area (TPSA) is 72.5 Å². The first-order chi connectivity index (χ1) is 10.8. The second kappa shape index (κ2) is 5.16. The molecule has 0 spiro atoms. The Morgan fingerprint density at radius 2 is 1.52 bits per heavy atom. The van der Waals surface area contributed by atoms with Crippen molar-refractivity contribution < 1.29 is 9.59 Å². The maximum absolute atomic E-state index is 12.8. The Morgan fingerprint density at radius 3 is 2.13 bits per heavy atom. The minimum absolute atomic E-state index is 0.166. The Kier molecular flexibility index (Phi) is 3.40. The molecule has 0 aliphatic heterocycles.